The molecule has 6 nitrogen and oxygen atoms in total. The molecular weight excluding hydrogens is 446 g/mol. The smallest absolute Gasteiger partial charge is 0.266 e. The summed E-state index contributed by atoms with van der Waals surface area (Å²) in [5, 5.41) is 11.0. The molecule has 34 heavy (non-hydrogen) atoms. The molecule has 0 bridgehead atoms. The first-order valence-electron chi connectivity index (χ1n) is 11.2. The molecule has 0 N–H and O–H groups in total. The van der Waals surface area contributed by atoms with E-state index in [1.807, 2.05) is 35.7 Å². The van der Waals surface area contributed by atoms with Gasteiger partial charge in [0.05, 0.1) is 36.6 Å². The third-order valence-corrected chi connectivity index (χ3v) is 6.89. The Balaban J connectivity index is 1.58. The molecule has 2 aromatic heterocycles. The van der Waals surface area contributed by atoms with Crippen molar-refractivity contribution in [2.24, 2.45) is 5.92 Å². The Kier molecular flexibility index (Phi) is 6.15. The number of fused-ring (bicyclic) bond motifs is 1. The van der Waals surface area contributed by atoms with Crippen molar-refractivity contribution in [1.29, 1.82) is 5.26 Å². The van der Waals surface area contributed by atoms with Gasteiger partial charge in [-0.15, -0.1) is 11.3 Å². The largest absolute Gasteiger partial charge is 0.493 e. The Bertz CT molecular complexity index is 1460. The maximum Gasteiger partial charge on any atom is 0.266 e. The molecule has 1 saturated carbocycles. The van der Waals surface area contributed by atoms with Gasteiger partial charge in [-0.2, -0.15) is 5.26 Å². The van der Waals surface area contributed by atoms with Gasteiger partial charge in [0.2, 0.25) is 0 Å². The van der Waals surface area contributed by atoms with Gasteiger partial charge in [-0.1, -0.05) is 30.7 Å². The number of methoxy groups -OCH3 is 1. The van der Waals surface area contributed by atoms with Crippen LogP contribution in [0.2, 0.25) is 0 Å². The number of thiazole rings is 1. The van der Waals surface area contributed by atoms with Crippen LogP contribution in [-0.2, 0) is 0 Å². The van der Waals surface area contributed by atoms with Crippen LogP contribution in [0.3, 0.4) is 0 Å². The quantitative estimate of drug-likeness (QED) is 0.349. The summed E-state index contributed by atoms with van der Waals surface area (Å²) in [6, 6.07) is 14.9. The zero-order valence-corrected chi connectivity index (χ0v) is 19.5. The number of rotatable bonds is 7. The minimum atomic E-state index is -0.150. The number of hydrogen-bond acceptors (Lipinski definition) is 6. The van der Waals surface area contributed by atoms with Crippen LogP contribution in [0.15, 0.2) is 58.8 Å². The van der Waals surface area contributed by atoms with Crippen molar-refractivity contribution in [3.8, 4) is 28.7 Å². The molecule has 0 atom stereocenters. The predicted molar refractivity (Wildman–Crippen MR) is 134 cm³/mol. The van der Waals surface area contributed by atoms with Gasteiger partial charge in [-0.25, -0.2) is 4.98 Å². The molecule has 1 aliphatic carbocycles. The predicted octanol–water partition coefficient (Wildman–Crippen LogP) is 5.65. The van der Waals surface area contributed by atoms with E-state index in [2.05, 4.69) is 6.07 Å². The molecule has 7 heteroatoms. The normalized spacial score (nSPS) is 13.6. The van der Waals surface area contributed by atoms with Gasteiger partial charge in [-0.05, 0) is 54.7 Å². The van der Waals surface area contributed by atoms with Crippen molar-refractivity contribution in [3.63, 3.8) is 0 Å². The van der Waals surface area contributed by atoms with E-state index in [1.165, 1.54) is 30.6 Å². The molecule has 2 heterocycles. The second-order valence-electron chi connectivity index (χ2n) is 8.24. The van der Waals surface area contributed by atoms with Crippen molar-refractivity contribution in [2.45, 2.75) is 19.3 Å². The lowest BCUT2D eigenvalue weighted by Gasteiger charge is -2.26. The molecule has 0 saturated heterocycles. The van der Waals surface area contributed by atoms with E-state index in [0.717, 1.165) is 5.56 Å². The number of nitrogens with zero attached hydrogens (tertiary/aromatic N) is 3. The van der Waals surface area contributed by atoms with Gasteiger partial charge in [0, 0.05) is 17.1 Å². The fourth-order valence-corrected chi connectivity index (χ4v) is 4.72. The van der Waals surface area contributed by atoms with Crippen LogP contribution in [0, 0.1) is 17.2 Å². The van der Waals surface area contributed by atoms with Gasteiger partial charge >= 0.3 is 0 Å². The minimum Gasteiger partial charge on any atom is -0.493 e. The molecule has 2 aromatic carbocycles. The van der Waals surface area contributed by atoms with Crippen LogP contribution in [0.1, 0.15) is 36.1 Å². The average Bonchev–Trinajstić information content (AvgIpc) is 3.31. The molecule has 1 fully saturated rings. The molecule has 0 unspecified atom stereocenters. The summed E-state index contributed by atoms with van der Waals surface area (Å²) < 4.78 is 13.3. The second kappa shape index (κ2) is 9.54. The summed E-state index contributed by atoms with van der Waals surface area (Å²) in [4.78, 5) is 18.7. The molecule has 0 amide bonds. The Morgan fingerprint density at radius 2 is 2.03 bits per heavy atom. The maximum atomic E-state index is 13.3. The first-order chi connectivity index (χ1) is 16.7. The molecule has 170 valence electrons. The van der Waals surface area contributed by atoms with Crippen molar-refractivity contribution >= 4 is 28.4 Å². The van der Waals surface area contributed by atoms with E-state index in [4.69, 9.17) is 19.7 Å². The summed E-state index contributed by atoms with van der Waals surface area (Å²) in [7, 11) is 1.63. The third kappa shape index (κ3) is 4.20. The Labute approximate surface area is 201 Å². The number of benzene rings is 2. The van der Waals surface area contributed by atoms with Crippen molar-refractivity contribution < 1.29 is 9.47 Å². The van der Waals surface area contributed by atoms with E-state index >= 15 is 0 Å². The number of aromatic nitrogens is 2. The van der Waals surface area contributed by atoms with Crippen LogP contribution in [0.4, 0.5) is 0 Å². The fraction of sp³-hybridized carbons (Fsp3) is 0.222. The lowest BCUT2D eigenvalue weighted by atomic mass is 9.86. The van der Waals surface area contributed by atoms with Crippen LogP contribution < -0.4 is 15.0 Å². The SMILES string of the molecule is COc1cccc(C=Cc2nc3sccn3c(=O)c2-c2ccc(C#N)cc2)c1OCC1CCC1. The topological polar surface area (TPSA) is 76.6 Å². The van der Waals surface area contributed by atoms with Gasteiger partial charge in [-0.3, -0.25) is 9.20 Å². The number of hydrogen-bond donors (Lipinski definition) is 0. The third-order valence-electron chi connectivity index (χ3n) is 6.14. The number of ether oxygens (including phenoxy) is 2. The summed E-state index contributed by atoms with van der Waals surface area (Å²) in [5.74, 6) is 1.96. The second-order valence-corrected chi connectivity index (χ2v) is 9.11. The monoisotopic (exact) mass is 469 g/mol. The zero-order valence-electron chi connectivity index (χ0n) is 18.7. The van der Waals surface area contributed by atoms with Gasteiger partial charge in [0.25, 0.3) is 5.56 Å². The number of para-hydroxylation sites is 1. The molecule has 0 radical (unpaired) electrons. The highest BCUT2D eigenvalue weighted by Crippen LogP contribution is 2.35. The zero-order chi connectivity index (χ0) is 23.5. The van der Waals surface area contributed by atoms with Crippen LogP contribution >= 0.6 is 11.3 Å². The minimum absolute atomic E-state index is 0.150. The van der Waals surface area contributed by atoms with Crippen LogP contribution in [-0.4, -0.2) is 23.1 Å². The molecule has 4 aromatic rings. The molecule has 0 spiro atoms. The Morgan fingerprint density at radius 1 is 1.21 bits per heavy atom. The van der Waals surface area contributed by atoms with E-state index in [-0.39, 0.29) is 5.56 Å². The van der Waals surface area contributed by atoms with E-state index in [1.54, 1.807) is 42.0 Å². The maximum absolute atomic E-state index is 13.3. The van der Waals surface area contributed by atoms with Crippen LogP contribution in [0.5, 0.6) is 11.5 Å². The molecule has 0 aliphatic heterocycles. The first kappa shape index (κ1) is 21.9. The lowest BCUT2D eigenvalue weighted by molar-refractivity contribution is 0.175. The van der Waals surface area contributed by atoms with Crippen molar-refractivity contribution in [2.75, 3.05) is 13.7 Å². The summed E-state index contributed by atoms with van der Waals surface area (Å²) in [6.45, 7) is 0.665. The van der Waals surface area contributed by atoms with Gasteiger partial charge < -0.3 is 9.47 Å². The van der Waals surface area contributed by atoms with E-state index < -0.39 is 0 Å². The van der Waals surface area contributed by atoms with E-state index in [0.29, 0.717) is 51.4 Å². The molecular formula is C27H23N3O3S. The number of nitriles is 1. The van der Waals surface area contributed by atoms with E-state index in [9.17, 15) is 4.79 Å². The highest BCUT2D eigenvalue weighted by molar-refractivity contribution is 7.15. The fourth-order valence-electron chi connectivity index (χ4n) is 4.01. The lowest BCUT2D eigenvalue weighted by Crippen LogP contribution is -2.19. The Morgan fingerprint density at radius 3 is 2.74 bits per heavy atom. The highest BCUT2D eigenvalue weighted by Gasteiger charge is 2.20. The summed E-state index contributed by atoms with van der Waals surface area (Å²) in [6.07, 6.45) is 9.14. The Hall–Kier alpha value is -3.89. The molecule has 1 aliphatic rings. The highest BCUT2D eigenvalue weighted by atomic mass is 32.1. The summed E-state index contributed by atoms with van der Waals surface area (Å²) >= 11 is 1.41. The van der Waals surface area contributed by atoms with Gasteiger partial charge in [0.1, 0.15) is 0 Å². The first-order valence-corrected chi connectivity index (χ1v) is 12.0. The van der Waals surface area contributed by atoms with Crippen LogP contribution in [0.25, 0.3) is 28.2 Å². The summed E-state index contributed by atoms with van der Waals surface area (Å²) in [5.41, 5.74) is 3.00. The van der Waals surface area contributed by atoms with Crippen molar-refractivity contribution in [1.82, 2.24) is 9.38 Å². The molecule has 5 rings (SSSR count). The van der Waals surface area contributed by atoms with Crippen molar-refractivity contribution in [3.05, 3.63) is 81.2 Å². The average molecular weight is 470 g/mol. The standard InChI is InChI=1S/C27H23N3O3S/c1-32-23-7-3-6-21(25(23)33-17-19-4-2-5-19)12-13-22-24(20-10-8-18(16-28)9-11-20)26(31)30-14-15-34-27(30)29-22/h3,6-15,19H,2,4-5,17H2,1H3. The van der Waals surface area contributed by atoms with Gasteiger partial charge in [0.15, 0.2) is 16.5 Å².